The number of aromatic nitrogens is 4. The number of likely N-dealkylation sites (N-methyl/N-ethyl adjacent to an activating group) is 1. The van der Waals surface area contributed by atoms with Crippen LogP contribution in [0.15, 0.2) is 48.9 Å². The lowest BCUT2D eigenvalue weighted by Gasteiger charge is -2.17. The molecule has 1 aromatic carbocycles. The number of hydrogen-bond acceptors (Lipinski definition) is 8. The van der Waals surface area contributed by atoms with Crippen LogP contribution in [0.25, 0.3) is 11.4 Å². The molecule has 0 saturated carbocycles. The predicted molar refractivity (Wildman–Crippen MR) is 111 cm³/mol. The maximum absolute atomic E-state index is 12.2. The van der Waals surface area contributed by atoms with E-state index in [0.717, 1.165) is 16.8 Å². The zero-order chi connectivity index (χ0) is 20.1. The van der Waals surface area contributed by atoms with E-state index < -0.39 is 0 Å². The normalized spacial score (nSPS) is 15.3. The van der Waals surface area contributed by atoms with E-state index in [1.54, 1.807) is 6.20 Å². The molecule has 9 nitrogen and oxygen atoms in total. The van der Waals surface area contributed by atoms with Crippen LogP contribution in [0.3, 0.4) is 0 Å². The largest absolute Gasteiger partial charge is 0.368 e. The number of hydrogen-bond donors (Lipinski definition) is 3. The van der Waals surface area contributed by atoms with Crippen molar-refractivity contribution < 1.29 is 4.79 Å². The van der Waals surface area contributed by atoms with E-state index in [2.05, 4.69) is 35.9 Å². The zero-order valence-electron chi connectivity index (χ0n) is 16.1. The van der Waals surface area contributed by atoms with Gasteiger partial charge in [0.05, 0.1) is 6.54 Å². The Balaban J connectivity index is 1.66. The Morgan fingerprint density at radius 3 is 2.83 bits per heavy atom. The number of pyridine rings is 1. The minimum atomic E-state index is -0.0148. The first-order chi connectivity index (χ1) is 14.2. The van der Waals surface area contributed by atoms with Crippen molar-refractivity contribution in [3.63, 3.8) is 0 Å². The van der Waals surface area contributed by atoms with Gasteiger partial charge in [-0.3, -0.25) is 9.69 Å². The van der Waals surface area contributed by atoms with Gasteiger partial charge in [-0.1, -0.05) is 12.1 Å². The molecule has 1 aliphatic rings. The van der Waals surface area contributed by atoms with Gasteiger partial charge >= 0.3 is 0 Å². The summed E-state index contributed by atoms with van der Waals surface area (Å²) >= 11 is 0. The van der Waals surface area contributed by atoms with E-state index >= 15 is 0 Å². The molecule has 0 saturated heterocycles. The van der Waals surface area contributed by atoms with Crippen LogP contribution in [0.5, 0.6) is 0 Å². The van der Waals surface area contributed by atoms with Crippen molar-refractivity contribution in [1.29, 1.82) is 0 Å². The number of nitrogens with one attached hydrogen (secondary N) is 3. The summed E-state index contributed by atoms with van der Waals surface area (Å²) in [6, 6.07) is 11.7. The Kier molecular flexibility index (Phi) is 5.57. The Morgan fingerprint density at radius 1 is 1.00 bits per heavy atom. The monoisotopic (exact) mass is 390 g/mol. The molecule has 3 N–H and O–H groups in total. The number of benzene rings is 1. The van der Waals surface area contributed by atoms with E-state index in [1.165, 1.54) is 6.33 Å². The molecular formula is C20H22N8O. The summed E-state index contributed by atoms with van der Waals surface area (Å²) in [5, 5.41) is 9.36. The second kappa shape index (κ2) is 8.61. The van der Waals surface area contributed by atoms with Crippen LogP contribution in [-0.4, -0.2) is 57.4 Å². The SMILES string of the molecule is CN1CC(=O)NCCNc2cc(ccn2)-c2ncnc(n2)Nc2cccc(c2)C1. The first-order valence-electron chi connectivity index (χ1n) is 9.36. The number of amides is 1. The molecule has 9 heteroatoms. The fraction of sp³-hybridized carbons (Fsp3) is 0.250. The summed E-state index contributed by atoms with van der Waals surface area (Å²) in [5.74, 6) is 1.70. The van der Waals surface area contributed by atoms with E-state index in [1.807, 2.05) is 48.3 Å². The molecule has 0 radical (unpaired) electrons. The van der Waals surface area contributed by atoms with E-state index in [0.29, 0.717) is 43.8 Å². The van der Waals surface area contributed by atoms with Crippen molar-refractivity contribution in [3.8, 4) is 11.4 Å². The summed E-state index contributed by atoms with van der Waals surface area (Å²) < 4.78 is 0. The van der Waals surface area contributed by atoms with Crippen LogP contribution in [0.2, 0.25) is 0 Å². The second-order valence-corrected chi connectivity index (χ2v) is 6.84. The maximum atomic E-state index is 12.2. The average molecular weight is 390 g/mol. The van der Waals surface area contributed by atoms with Crippen molar-refractivity contribution in [2.24, 2.45) is 0 Å². The maximum Gasteiger partial charge on any atom is 0.234 e. The molecule has 2 aromatic heterocycles. The van der Waals surface area contributed by atoms with Gasteiger partial charge in [0.1, 0.15) is 12.1 Å². The number of carbonyl (C=O) groups is 1. The summed E-state index contributed by atoms with van der Waals surface area (Å²) in [7, 11) is 1.92. The highest BCUT2D eigenvalue weighted by Gasteiger charge is 2.10. The Bertz CT molecular complexity index is 1010. The van der Waals surface area contributed by atoms with E-state index in [-0.39, 0.29) is 5.91 Å². The molecule has 0 fully saturated rings. The van der Waals surface area contributed by atoms with Gasteiger partial charge in [-0.15, -0.1) is 0 Å². The molecule has 0 spiro atoms. The standard InChI is InChI=1S/C20H22N8O/c1-28-11-14-3-2-4-16(9-14)26-20-25-13-24-19(27-20)15-5-6-21-17(10-15)22-7-8-23-18(29)12-28/h2-6,9-10,13H,7-8,11-12H2,1H3,(H,21,22)(H,23,29)(H,24,25,26,27). The lowest BCUT2D eigenvalue weighted by molar-refractivity contribution is -0.121. The van der Waals surface area contributed by atoms with Crippen LogP contribution in [0, 0.1) is 0 Å². The second-order valence-electron chi connectivity index (χ2n) is 6.84. The van der Waals surface area contributed by atoms with Crippen molar-refractivity contribution in [3.05, 3.63) is 54.5 Å². The fourth-order valence-electron chi connectivity index (χ4n) is 3.10. The summed E-state index contributed by atoms with van der Waals surface area (Å²) in [6.45, 7) is 2.05. The smallest absolute Gasteiger partial charge is 0.234 e. The van der Waals surface area contributed by atoms with Gasteiger partial charge in [0.2, 0.25) is 11.9 Å². The van der Waals surface area contributed by atoms with Crippen LogP contribution >= 0.6 is 0 Å². The highest BCUT2D eigenvalue weighted by Crippen LogP contribution is 2.20. The molecule has 0 atom stereocenters. The zero-order valence-corrected chi connectivity index (χ0v) is 16.1. The molecule has 0 aliphatic carbocycles. The van der Waals surface area contributed by atoms with E-state index in [4.69, 9.17) is 0 Å². The number of rotatable bonds is 0. The molecule has 0 unspecified atom stereocenters. The third kappa shape index (κ3) is 5.02. The van der Waals surface area contributed by atoms with Gasteiger partial charge in [0.15, 0.2) is 5.82 Å². The van der Waals surface area contributed by atoms with Gasteiger partial charge in [-0.2, -0.15) is 4.98 Å². The molecule has 3 aromatic rings. The van der Waals surface area contributed by atoms with Gasteiger partial charge in [-0.25, -0.2) is 15.0 Å². The fourth-order valence-corrected chi connectivity index (χ4v) is 3.10. The van der Waals surface area contributed by atoms with Gasteiger partial charge in [0, 0.05) is 37.1 Å². The quantitative estimate of drug-likeness (QED) is 0.532. The Morgan fingerprint density at radius 2 is 1.90 bits per heavy atom. The van der Waals surface area contributed by atoms with Crippen molar-refractivity contribution in [2.75, 3.05) is 37.3 Å². The van der Waals surface area contributed by atoms with Gasteiger partial charge in [0.25, 0.3) is 0 Å². The number of fused-ring (bicyclic) bond motifs is 7. The predicted octanol–water partition coefficient (Wildman–Crippen LogP) is 1.65. The van der Waals surface area contributed by atoms with Gasteiger partial charge < -0.3 is 16.0 Å². The lowest BCUT2D eigenvalue weighted by atomic mass is 10.2. The first-order valence-corrected chi connectivity index (χ1v) is 9.36. The third-order valence-electron chi connectivity index (χ3n) is 4.39. The highest BCUT2D eigenvalue weighted by molar-refractivity contribution is 5.78. The molecule has 1 amide bonds. The summed E-state index contributed by atoms with van der Waals surface area (Å²) in [4.78, 5) is 31.5. The number of anilines is 3. The number of nitrogens with zero attached hydrogens (tertiary/aromatic N) is 5. The van der Waals surface area contributed by atoms with Crippen LogP contribution in [-0.2, 0) is 11.3 Å². The molecule has 29 heavy (non-hydrogen) atoms. The number of carbonyl (C=O) groups excluding carboxylic acids is 1. The molecule has 148 valence electrons. The summed E-state index contributed by atoms with van der Waals surface area (Å²) in [5.41, 5.74) is 2.78. The minimum Gasteiger partial charge on any atom is -0.368 e. The van der Waals surface area contributed by atoms with Crippen molar-refractivity contribution in [1.82, 2.24) is 30.2 Å². The molecular weight excluding hydrogens is 368 g/mol. The summed E-state index contributed by atoms with van der Waals surface area (Å²) in [6.07, 6.45) is 3.19. The van der Waals surface area contributed by atoms with Gasteiger partial charge in [-0.05, 0) is 36.9 Å². The molecule has 4 rings (SSSR count). The van der Waals surface area contributed by atoms with Crippen LogP contribution in [0.1, 0.15) is 5.56 Å². The minimum absolute atomic E-state index is 0.0148. The van der Waals surface area contributed by atoms with Crippen LogP contribution < -0.4 is 16.0 Å². The molecule has 6 bridgehead atoms. The Labute approximate surface area is 168 Å². The lowest BCUT2D eigenvalue weighted by Crippen LogP contribution is -2.37. The molecule has 3 heterocycles. The average Bonchev–Trinajstić information content (AvgIpc) is 2.71. The third-order valence-corrected chi connectivity index (χ3v) is 4.39. The van der Waals surface area contributed by atoms with Crippen molar-refractivity contribution in [2.45, 2.75) is 6.54 Å². The van der Waals surface area contributed by atoms with Crippen molar-refractivity contribution >= 4 is 23.4 Å². The van der Waals surface area contributed by atoms with E-state index in [9.17, 15) is 4.79 Å². The highest BCUT2D eigenvalue weighted by atomic mass is 16.2. The Hall–Kier alpha value is -3.59. The van der Waals surface area contributed by atoms with Crippen LogP contribution in [0.4, 0.5) is 17.5 Å². The molecule has 1 aliphatic heterocycles. The first kappa shape index (κ1) is 18.8. The topological polar surface area (TPSA) is 108 Å².